The molecule has 74 valence electrons. The lowest BCUT2D eigenvalue weighted by Gasteiger charge is -2.27. The highest BCUT2D eigenvalue weighted by atomic mass is 28.3. The van der Waals surface area contributed by atoms with E-state index in [0.29, 0.717) is 17.9 Å². The summed E-state index contributed by atoms with van der Waals surface area (Å²) < 4.78 is 6.10. The van der Waals surface area contributed by atoms with Crippen LogP contribution in [0.3, 0.4) is 0 Å². The van der Waals surface area contributed by atoms with E-state index in [1.54, 1.807) is 0 Å². The van der Waals surface area contributed by atoms with Gasteiger partial charge in [0.2, 0.25) is 9.04 Å². The fourth-order valence-electron chi connectivity index (χ4n) is 1.77. The van der Waals surface area contributed by atoms with E-state index < -0.39 is 9.04 Å². The van der Waals surface area contributed by atoms with Gasteiger partial charge in [-0.25, -0.2) is 0 Å². The normalized spacial score (nSPS) is 17.2. The number of allylic oxidation sites excluding steroid dienone is 2. The minimum absolute atomic E-state index is 0.420. The molecule has 0 unspecified atom stereocenters. The van der Waals surface area contributed by atoms with Crippen molar-refractivity contribution in [3.8, 4) is 0 Å². The van der Waals surface area contributed by atoms with E-state index in [1.807, 2.05) is 0 Å². The van der Waals surface area contributed by atoms with Crippen LogP contribution in [0, 0.1) is 11.8 Å². The van der Waals surface area contributed by atoms with E-state index in [2.05, 4.69) is 51.2 Å². The Bertz CT molecular complexity index is 186. The Balaban J connectivity index is 2.47. The molecule has 0 aliphatic carbocycles. The molecule has 0 saturated carbocycles. The maximum Gasteiger partial charge on any atom is 0.226 e. The first-order chi connectivity index (χ1) is 6.11. The molecule has 0 fully saturated rings. The van der Waals surface area contributed by atoms with E-state index in [4.69, 9.17) is 4.43 Å². The molecule has 1 heterocycles. The van der Waals surface area contributed by atoms with Gasteiger partial charge in [-0.1, -0.05) is 51.2 Å². The fourth-order valence-corrected chi connectivity index (χ4v) is 3.76. The molecule has 0 N–H and O–H groups in total. The van der Waals surface area contributed by atoms with Crippen LogP contribution in [0.25, 0.3) is 0 Å². The summed E-state index contributed by atoms with van der Waals surface area (Å²) in [6, 6.07) is 0. The Kier molecular flexibility index (Phi) is 3.94. The molecule has 0 amide bonds. The molecule has 0 saturated heterocycles. The lowest BCUT2D eigenvalue weighted by molar-refractivity contribution is 0.108. The predicted molar refractivity (Wildman–Crippen MR) is 60.0 cm³/mol. The third kappa shape index (κ3) is 3.12. The molecule has 0 aromatic rings. The Hall–Kier alpha value is -0.343. The van der Waals surface area contributed by atoms with Gasteiger partial charge in [-0.3, -0.25) is 0 Å². The van der Waals surface area contributed by atoms with Gasteiger partial charge >= 0.3 is 0 Å². The second-order valence-corrected chi connectivity index (χ2v) is 6.29. The van der Waals surface area contributed by atoms with Gasteiger partial charge in [0.15, 0.2) is 0 Å². The van der Waals surface area contributed by atoms with Crippen molar-refractivity contribution in [2.45, 2.75) is 33.8 Å². The molecule has 1 aliphatic rings. The predicted octanol–water partition coefficient (Wildman–Crippen LogP) is 2.61. The first kappa shape index (κ1) is 10.7. The van der Waals surface area contributed by atoms with E-state index in [-0.39, 0.29) is 0 Å². The number of hydrogen-bond donors (Lipinski definition) is 0. The molecule has 1 rings (SSSR count). The standard InChI is InChI=1S/C11H20OSi/c1-9(2)11(10(3)4)12-13-7-5-6-8-13/h5-11,13H,1-4H3. The molecule has 0 radical (unpaired) electrons. The van der Waals surface area contributed by atoms with Crippen LogP contribution in [0.5, 0.6) is 0 Å². The Morgan fingerprint density at radius 3 is 1.77 bits per heavy atom. The minimum atomic E-state index is -1.11. The summed E-state index contributed by atoms with van der Waals surface area (Å²) in [5.41, 5.74) is 4.47. The van der Waals surface area contributed by atoms with E-state index in [9.17, 15) is 0 Å². The van der Waals surface area contributed by atoms with Crippen molar-refractivity contribution in [2.24, 2.45) is 11.8 Å². The average molecular weight is 196 g/mol. The molecule has 2 heteroatoms. The van der Waals surface area contributed by atoms with E-state index in [1.165, 1.54) is 0 Å². The third-order valence-electron chi connectivity index (χ3n) is 2.34. The fraction of sp³-hybridized carbons (Fsp3) is 0.636. The number of rotatable bonds is 4. The summed E-state index contributed by atoms with van der Waals surface area (Å²) in [5, 5.41) is 0. The SMILES string of the molecule is CC(C)C(O[SiH]1C=CC=C1)C(C)C. The molecule has 13 heavy (non-hydrogen) atoms. The lowest BCUT2D eigenvalue weighted by Crippen LogP contribution is -2.31. The monoisotopic (exact) mass is 196 g/mol. The third-order valence-corrected chi connectivity index (χ3v) is 4.17. The number of hydrogen-bond acceptors (Lipinski definition) is 1. The smallest absolute Gasteiger partial charge is 0.226 e. The summed E-state index contributed by atoms with van der Waals surface area (Å²) in [7, 11) is -1.11. The second kappa shape index (κ2) is 4.77. The van der Waals surface area contributed by atoms with Crippen LogP contribution in [0.1, 0.15) is 27.7 Å². The molecular formula is C11H20OSi. The van der Waals surface area contributed by atoms with Crippen LogP contribution in [0.2, 0.25) is 0 Å². The van der Waals surface area contributed by atoms with Crippen molar-refractivity contribution in [3.05, 3.63) is 23.6 Å². The van der Waals surface area contributed by atoms with Crippen molar-refractivity contribution in [1.29, 1.82) is 0 Å². The van der Waals surface area contributed by atoms with Crippen LogP contribution >= 0.6 is 0 Å². The molecule has 0 aromatic carbocycles. The Morgan fingerprint density at radius 2 is 1.38 bits per heavy atom. The van der Waals surface area contributed by atoms with Gasteiger partial charge in [0.1, 0.15) is 0 Å². The molecule has 0 spiro atoms. The second-order valence-electron chi connectivity index (χ2n) is 4.32. The minimum Gasteiger partial charge on any atom is -0.409 e. The zero-order valence-electron chi connectivity index (χ0n) is 9.03. The molecule has 0 bridgehead atoms. The van der Waals surface area contributed by atoms with Crippen LogP contribution in [-0.2, 0) is 4.43 Å². The Labute approximate surface area is 83.2 Å². The summed E-state index contributed by atoms with van der Waals surface area (Å²) in [6.07, 6.45) is 4.63. The van der Waals surface area contributed by atoms with Gasteiger partial charge in [0, 0.05) is 0 Å². The molecule has 1 nitrogen and oxygen atoms in total. The van der Waals surface area contributed by atoms with Crippen LogP contribution in [0.15, 0.2) is 23.6 Å². The van der Waals surface area contributed by atoms with Crippen molar-refractivity contribution in [2.75, 3.05) is 0 Å². The van der Waals surface area contributed by atoms with Crippen molar-refractivity contribution in [1.82, 2.24) is 0 Å². The summed E-state index contributed by atoms with van der Waals surface area (Å²) >= 11 is 0. The molecule has 1 aliphatic heterocycles. The maximum atomic E-state index is 6.10. The van der Waals surface area contributed by atoms with Gasteiger partial charge in [-0.05, 0) is 11.8 Å². The zero-order chi connectivity index (χ0) is 9.84. The molecule has 0 atom stereocenters. The van der Waals surface area contributed by atoms with Gasteiger partial charge < -0.3 is 4.43 Å². The quantitative estimate of drug-likeness (QED) is 0.628. The highest BCUT2D eigenvalue weighted by molar-refractivity contribution is 6.64. The van der Waals surface area contributed by atoms with Gasteiger partial charge in [0.05, 0.1) is 6.10 Å². The highest BCUT2D eigenvalue weighted by Gasteiger charge is 2.21. The summed E-state index contributed by atoms with van der Waals surface area (Å²) in [4.78, 5) is 0. The van der Waals surface area contributed by atoms with E-state index >= 15 is 0 Å². The largest absolute Gasteiger partial charge is 0.409 e. The van der Waals surface area contributed by atoms with Gasteiger partial charge in [-0.15, -0.1) is 0 Å². The average Bonchev–Trinajstić information content (AvgIpc) is 2.50. The molecular weight excluding hydrogens is 176 g/mol. The van der Waals surface area contributed by atoms with Crippen molar-refractivity contribution < 1.29 is 4.43 Å². The lowest BCUT2D eigenvalue weighted by atomic mass is 9.97. The van der Waals surface area contributed by atoms with Gasteiger partial charge in [-0.2, -0.15) is 0 Å². The first-order valence-electron chi connectivity index (χ1n) is 5.11. The van der Waals surface area contributed by atoms with Crippen molar-refractivity contribution in [3.63, 3.8) is 0 Å². The summed E-state index contributed by atoms with van der Waals surface area (Å²) in [5.74, 6) is 1.24. The zero-order valence-corrected chi connectivity index (χ0v) is 10.2. The van der Waals surface area contributed by atoms with Gasteiger partial charge in [0.25, 0.3) is 0 Å². The summed E-state index contributed by atoms with van der Waals surface area (Å²) in [6.45, 7) is 8.95. The van der Waals surface area contributed by atoms with Crippen LogP contribution in [-0.4, -0.2) is 15.1 Å². The Morgan fingerprint density at radius 1 is 0.923 bits per heavy atom. The van der Waals surface area contributed by atoms with E-state index in [0.717, 1.165) is 0 Å². The van der Waals surface area contributed by atoms with Crippen LogP contribution in [0.4, 0.5) is 0 Å². The van der Waals surface area contributed by atoms with Crippen LogP contribution < -0.4 is 0 Å². The topological polar surface area (TPSA) is 9.23 Å². The molecule has 0 aromatic heterocycles. The van der Waals surface area contributed by atoms with Crippen molar-refractivity contribution >= 4 is 9.04 Å². The maximum absolute atomic E-state index is 6.10. The first-order valence-corrected chi connectivity index (χ1v) is 6.92. The highest BCUT2D eigenvalue weighted by Crippen LogP contribution is 2.18.